The lowest BCUT2D eigenvalue weighted by Gasteiger charge is -2.33. The van der Waals surface area contributed by atoms with Gasteiger partial charge in [-0.25, -0.2) is 0 Å². The van der Waals surface area contributed by atoms with E-state index in [9.17, 15) is 4.79 Å². The predicted octanol–water partition coefficient (Wildman–Crippen LogP) is 3.10. The van der Waals surface area contributed by atoms with Crippen molar-refractivity contribution in [1.82, 2.24) is 4.90 Å². The first-order chi connectivity index (χ1) is 9.69. The van der Waals surface area contributed by atoms with Crippen molar-refractivity contribution in [2.75, 3.05) is 20.2 Å². The highest BCUT2D eigenvalue weighted by atomic mass is 16.5. The number of methoxy groups -OCH3 is 1. The molecular formula is C17H25NO2. The molecule has 0 saturated carbocycles. The Bertz CT molecular complexity index is 418. The van der Waals surface area contributed by atoms with E-state index in [1.165, 1.54) is 25.5 Å². The Balaban J connectivity index is 1.84. The third kappa shape index (κ3) is 4.34. The first-order valence-electron chi connectivity index (χ1n) is 7.53. The van der Waals surface area contributed by atoms with Crippen molar-refractivity contribution < 1.29 is 9.53 Å². The van der Waals surface area contributed by atoms with Crippen LogP contribution in [0.3, 0.4) is 0 Å². The molecule has 0 aliphatic carbocycles. The molecule has 1 heterocycles. The van der Waals surface area contributed by atoms with Crippen molar-refractivity contribution in [3.8, 4) is 0 Å². The number of carbonyl (C=O) groups is 1. The first kappa shape index (κ1) is 15.0. The number of nitrogens with zero attached hydrogens (tertiary/aromatic N) is 1. The maximum absolute atomic E-state index is 11.5. The number of benzene rings is 1. The summed E-state index contributed by atoms with van der Waals surface area (Å²) in [6.07, 6.45) is 3.40. The van der Waals surface area contributed by atoms with Crippen molar-refractivity contribution >= 4 is 5.97 Å². The molecule has 0 bridgehead atoms. The van der Waals surface area contributed by atoms with Crippen LogP contribution in [-0.2, 0) is 16.1 Å². The zero-order valence-electron chi connectivity index (χ0n) is 12.5. The molecule has 0 aromatic heterocycles. The number of hydrogen-bond donors (Lipinski definition) is 0. The molecule has 20 heavy (non-hydrogen) atoms. The van der Waals surface area contributed by atoms with Gasteiger partial charge in [-0.05, 0) is 37.3 Å². The van der Waals surface area contributed by atoms with Crippen molar-refractivity contribution in [3.05, 3.63) is 35.9 Å². The van der Waals surface area contributed by atoms with Crippen LogP contribution >= 0.6 is 0 Å². The zero-order chi connectivity index (χ0) is 14.4. The van der Waals surface area contributed by atoms with Gasteiger partial charge >= 0.3 is 5.97 Å². The Labute approximate surface area is 121 Å². The van der Waals surface area contributed by atoms with Crippen molar-refractivity contribution in [3.63, 3.8) is 0 Å². The summed E-state index contributed by atoms with van der Waals surface area (Å²) in [6, 6.07) is 10.6. The lowest BCUT2D eigenvalue weighted by atomic mass is 9.89. The Hall–Kier alpha value is -1.35. The van der Waals surface area contributed by atoms with E-state index in [2.05, 4.69) is 35.2 Å². The Morgan fingerprint density at radius 2 is 2.15 bits per heavy atom. The summed E-state index contributed by atoms with van der Waals surface area (Å²) in [5.74, 6) is 0.549. The molecule has 2 unspecified atom stereocenters. The molecule has 2 rings (SSSR count). The number of ether oxygens (including phenoxy) is 1. The Kier molecular flexibility index (Phi) is 5.60. The lowest BCUT2D eigenvalue weighted by Crippen LogP contribution is -2.36. The molecule has 1 aliphatic heterocycles. The minimum atomic E-state index is -0.0785. The smallest absolute Gasteiger partial charge is 0.308 e. The van der Waals surface area contributed by atoms with Gasteiger partial charge in [0.1, 0.15) is 0 Å². The van der Waals surface area contributed by atoms with Crippen LogP contribution in [0.25, 0.3) is 0 Å². The van der Waals surface area contributed by atoms with Crippen LogP contribution in [0.5, 0.6) is 0 Å². The fourth-order valence-corrected chi connectivity index (χ4v) is 3.13. The van der Waals surface area contributed by atoms with Gasteiger partial charge in [0, 0.05) is 13.1 Å². The first-order valence-corrected chi connectivity index (χ1v) is 7.53. The van der Waals surface area contributed by atoms with E-state index in [0.717, 1.165) is 26.1 Å². The molecule has 3 heteroatoms. The van der Waals surface area contributed by atoms with Gasteiger partial charge in [-0.3, -0.25) is 9.69 Å². The Morgan fingerprint density at radius 1 is 1.40 bits per heavy atom. The van der Waals surface area contributed by atoms with Gasteiger partial charge in [0.15, 0.2) is 0 Å². The summed E-state index contributed by atoms with van der Waals surface area (Å²) in [6.45, 7) is 5.25. The van der Waals surface area contributed by atoms with Crippen LogP contribution in [0.1, 0.15) is 31.7 Å². The van der Waals surface area contributed by atoms with Gasteiger partial charge < -0.3 is 4.74 Å². The number of hydrogen-bond acceptors (Lipinski definition) is 3. The molecule has 1 saturated heterocycles. The quantitative estimate of drug-likeness (QED) is 0.773. The average Bonchev–Trinajstić information content (AvgIpc) is 2.47. The molecule has 1 aromatic rings. The molecule has 2 atom stereocenters. The highest BCUT2D eigenvalue weighted by Crippen LogP contribution is 2.24. The van der Waals surface area contributed by atoms with Crippen molar-refractivity contribution in [2.45, 2.75) is 32.7 Å². The van der Waals surface area contributed by atoms with Crippen LogP contribution in [0.2, 0.25) is 0 Å². The lowest BCUT2D eigenvalue weighted by molar-refractivity contribution is -0.145. The third-order valence-corrected chi connectivity index (χ3v) is 4.14. The summed E-state index contributed by atoms with van der Waals surface area (Å²) in [7, 11) is 1.47. The SMILES string of the molecule is COC(=O)C(C)CC1CCCN(Cc2ccccc2)C1. The topological polar surface area (TPSA) is 29.5 Å². The molecule has 0 amide bonds. The van der Waals surface area contributed by atoms with Gasteiger partial charge in [0.05, 0.1) is 13.0 Å². The largest absolute Gasteiger partial charge is 0.469 e. The van der Waals surface area contributed by atoms with Gasteiger partial charge in [-0.15, -0.1) is 0 Å². The van der Waals surface area contributed by atoms with Crippen LogP contribution in [0.4, 0.5) is 0 Å². The number of esters is 1. The number of rotatable bonds is 5. The van der Waals surface area contributed by atoms with Gasteiger partial charge in [0.2, 0.25) is 0 Å². The van der Waals surface area contributed by atoms with Gasteiger partial charge in [-0.1, -0.05) is 37.3 Å². The summed E-state index contributed by atoms with van der Waals surface area (Å²) < 4.78 is 4.82. The van der Waals surface area contributed by atoms with Crippen LogP contribution in [-0.4, -0.2) is 31.1 Å². The van der Waals surface area contributed by atoms with E-state index in [4.69, 9.17) is 4.74 Å². The maximum Gasteiger partial charge on any atom is 0.308 e. The minimum absolute atomic E-state index is 0.0154. The molecule has 0 spiro atoms. The summed E-state index contributed by atoms with van der Waals surface area (Å²) in [5, 5.41) is 0. The van der Waals surface area contributed by atoms with Gasteiger partial charge in [-0.2, -0.15) is 0 Å². The second kappa shape index (κ2) is 7.44. The predicted molar refractivity (Wildman–Crippen MR) is 80.2 cm³/mol. The fraction of sp³-hybridized carbons (Fsp3) is 0.588. The van der Waals surface area contributed by atoms with Crippen LogP contribution in [0, 0.1) is 11.8 Å². The van der Waals surface area contributed by atoms with Crippen LogP contribution < -0.4 is 0 Å². The average molecular weight is 275 g/mol. The summed E-state index contributed by atoms with van der Waals surface area (Å²) >= 11 is 0. The number of carbonyl (C=O) groups excluding carboxylic acids is 1. The Morgan fingerprint density at radius 3 is 2.85 bits per heavy atom. The van der Waals surface area contributed by atoms with Gasteiger partial charge in [0.25, 0.3) is 0 Å². The van der Waals surface area contributed by atoms with E-state index in [0.29, 0.717) is 5.92 Å². The van der Waals surface area contributed by atoms with E-state index in [1.54, 1.807) is 0 Å². The molecule has 0 N–H and O–H groups in total. The fourth-order valence-electron chi connectivity index (χ4n) is 3.13. The number of likely N-dealkylation sites (tertiary alicyclic amines) is 1. The molecular weight excluding hydrogens is 250 g/mol. The van der Waals surface area contributed by atoms with Crippen LogP contribution in [0.15, 0.2) is 30.3 Å². The minimum Gasteiger partial charge on any atom is -0.469 e. The molecule has 110 valence electrons. The summed E-state index contributed by atoms with van der Waals surface area (Å²) in [5.41, 5.74) is 1.37. The van der Waals surface area contributed by atoms with E-state index in [1.807, 2.05) is 6.92 Å². The summed E-state index contributed by atoms with van der Waals surface area (Å²) in [4.78, 5) is 14.0. The van der Waals surface area contributed by atoms with E-state index >= 15 is 0 Å². The molecule has 1 aliphatic rings. The zero-order valence-corrected chi connectivity index (χ0v) is 12.5. The highest BCUT2D eigenvalue weighted by Gasteiger charge is 2.24. The second-order valence-electron chi connectivity index (χ2n) is 5.89. The normalized spacial score (nSPS) is 21.4. The maximum atomic E-state index is 11.5. The third-order valence-electron chi connectivity index (χ3n) is 4.14. The standard InChI is InChI=1S/C17H25NO2/c1-14(17(19)20-2)11-16-9-6-10-18(13-16)12-15-7-4-3-5-8-15/h3-5,7-8,14,16H,6,9-13H2,1-2H3. The van der Waals surface area contributed by atoms with E-state index < -0.39 is 0 Å². The molecule has 1 aromatic carbocycles. The second-order valence-corrected chi connectivity index (χ2v) is 5.89. The van der Waals surface area contributed by atoms with Crippen molar-refractivity contribution in [2.24, 2.45) is 11.8 Å². The molecule has 0 radical (unpaired) electrons. The molecule has 3 nitrogen and oxygen atoms in total. The van der Waals surface area contributed by atoms with Crippen molar-refractivity contribution in [1.29, 1.82) is 0 Å². The van der Waals surface area contributed by atoms with E-state index in [-0.39, 0.29) is 11.9 Å². The monoisotopic (exact) mass is 275 g/mol. The highest BCUT2D eigenvalue weighted by molar-refractivity contribution is 5.71. The molecule has 1 fully saturated rings. The number of piperidine rings is 1.